The van der Waals surface area contributed by atoms with Gasteiger partial charge in [0, 0.05) is 11.6 Å². The summed E-state index contributed by atoms with van der Waals surface area (Å²) in [6, 6.07) is 2.79. The summed E-state index contributed by atoms with van der Waals surface area (Å²) in [5.41, 5.74) is 4.84. The van der Waals surface area contributed by atoms with Gasteiger partial charge in [-0.2, -0.15) is 5.10 Å². The van der Waals surface area contributed by atoms with E-state index in [4.69, 9.17) is 5.73 Å². The lowest BCUT2D eigenvalue weighted by molar-refractivity contribution is 0.582. The fraction of sp³-hybridized carbons (Fsp3) is 0. The van der Waals surface area contributed by atoms with E-state index in [1.165, 1.54) is 0 Å². The summed E-state index contributed by atoms with van der Waals surface area (Å²) in [6.07, 6.45) is 0. The van der Waals surface area contributed by atoms with Gasteiger partial charge in [0.2, 0.25) is 0 Å². The van der Waals surface area contributed by atoms with E-state index < -0.39 is 17.5 Å². The molecule has 0 unspecified atom stereocenters. The SMILES string of the molecule is Nc1n[nH]c(-c2ccc(F)cc2F)c1F. The van der Waals surface area contributed by atoms with E-state index in [0.29, 0.717) is 6.07 Å². The van der Waals surface area contributed by atoms with Gasteiger partial charge < -0.3 is 5.73 Å². The molecule has 0 fully saturated rings. The number of rotatable bonds is 1. The highest BCUT2D eigenvalue weighted by Crippen LogP contribution is 2.26. The largest absolute Gasteiger partial charge is 0.380 e. The van der Waals surface area contributed by atoms with Crippen molar-refractivity contribution in [2.24, 2.45) is 0 Å². The standard InChI is InChI=1S/C9H6F3N3/c10-4-1-2-5(6(11)3-4)8-7(12)9(13)15-14-8/h1-3H,(H3,13,14,15). The first-order chi connectivity index (χ1) is 7.09. The van der Waals surface area contributed by atoms with E-state index in [9.17, 15) is 13.2 Å². The summed E-state index contributed by atoms with van der Waals surface area (Å²) in [5.74, 6) is -2.81. The van der Waals surface area contributed by atoms with Gasteiger partial charge in [0.05, 0.1) is 0 Å². The molecule has 0 aliphatic rings. The summed E-state index contributed by atoms with van der Waals surface area (Å²) in [5, 5.41) is 5.61. The molecule has 0 aliphatic carbocycles. The Morgan fingerprint density at radius 3 is 2.47 bits per heavy atom. The van der Waals surface area contributed by atoms with Gasteiger partial charge in [0.1, 0.15) is 17.3 Å². The van der Waals surface area contributed by atoms with Crippen molar-refractivity contribution in [3.8, 4) is 11.3 Å². The van der Waals surface area contributed by atoms with Crippen molar-refractivity contribution in [1.29, 1.82) is 0 Å². The quantitative estimate of drug-likeness (QED) is 0.761. The van der Waals surface area contributed by atoms with Crippen molar-refractivity contribution in [3.63, 3.8) is 0 Å². The topological polar surface area (TPSA) is 54.7 Å². The fourth-order valence-corrected chi connectivity index (χ4v) is 1.21. The van der Waals surface area contributed by atoms with Crippen LogP contribution < -0.4 is 5.73 Å². The molecular formula is C9H6F3N3. The number of aromatic amines is 1. The van der Waals surface area contributed by atoms with Crippen LogP contribution in [0.25, 0.3) is 11.3 Å². The van der Waals surface area contributed by atoms with E-state index in [0.717, 1.165) is 12.1 Å². The highest BCUT2D eigenvalue weighted by atomic mass is 19.1. The lowest BCUT2D eigenvalue weighted by Gasteiger charge is -1.99. The summed E-state index contributed by atoms with van der Waals surface area (Å²) >= 11 is 0. The number of anilines is 1. The molecule has 0 amide bonds. The van der Waals surface area contributed by atoms with Crippen LogP contribution in [0.2, 0.25) is 0 Å². The van der Waals surface area contributed by atoms with Crippen molar-refractivity contribution < 1.29 is 13.2 Å². The Balaban J connectivity index is 2.59. The fourth-order valence-electron chi connectivity index (χ4n) is 1.21. The Kier molecular flexibility index (Phi) is 2.11. The van der Waals surface area contributed by atoms with Crippen molar-refractivity contribution in [3.05, 3.63) is 35.7 Å². The molecule has 0 saturated heterocycles. The van der Waals surface area contributed by atoms with E-state index in [1.807, 2.05) is 0 Å². The van der Waals surface area contributed by atoms with Crippen LogP contribution in [0, 0.1) is 17.5 Å². The zero-order valence-corrected chi connectivity index (χ0v) is 7.39. The molecule has 3 nitrogen and oxygen atoms in total. The zero-order chi connectivity index (χ0) is 11.0. The Labute approximate surface area is 82.7 Å². The number of benzene rings is 1. The van der Waals surface area contributed by atoms with Crippen molar-refractivity contribution in [1.82, 2.24) is 10.2 Å². The Bertz CT molecular complexity index is 507. The highest BCUT2D eigenvalue weighted by molar-refractivity contribution is 5.63. The van der Waals surface area contributed by atoms with Gasteiger partial charge in [-0.05, 0) is 12.1 Å². The third-order valence-corrected chi connectivity index (χ3v) is 1.93. The predicted molar refractivity (Wildman–Crippen MR) is 48.3 cm³/mol. The lowest BCUT2D eigenvalue weighted by Crippen LogP contribution is -1.90. The molecule has 15 heavy (non-hydrogen) atoms. The van der Waals surface area contributed by atoms with Crippen LogP contribution in [-0.2, 0) is 0 Å². The second-order valence-corrected chi connectivity index (χ2v) is 2.92. The molecule has 1 aromatic heterocycles. The zero-order valence-electron chi connectivity index (χ0n) is 7.39. The van der Waals surface area contributed by atoms with E-state index in [2.05, 4.69) is 10.2 Å². The van der Waals surface area contributed by atoms with Gasteiger partial charge in [-0.15, -0.1) is 0 Å². The number of nitrogens with two attached hydrogens (primary N) is 1. The first-order valence-electron chi connectivity index (χ1n) is 4.04. The van der Waals surface area contributed by atoms with E-state index >= 15 is 0 Å². The normalized spacial score (nSPS) is 10.6. The smallest absolute Gasteiger partial charge is 0.192 e. The number of aromatic nitrogens is 2. The van der Waals surface area contributed by atoms with Crippen molar-refractivity contribution >= 4 is 5.82 Å². The highest BCUT2D eigenvalue weighted by Gasteiger charge is 2.15. The molecule has 3 N–H and O–H groups in total. The van der Waals surface area contributed by atoms with Gasteiger partial charge in [0.25, 0.3) is 0 Å². The first-order valence-corrected chi connectivity index (χ1v) is 4.04. The van der Waals surface area contributed by atoms with Crippen LogP contribution in [0.1, 0.15) is 0 Å². The van der Waals surface area contributed by atoms with Crippen LogP contribution in [0.5, 0.6) is 0 Å². The Morgan fingerprint density at radius 2 is 1.93 bits per heavy atom. The average molecular weight is 213 g/mol. The number of nitrogen functional groups attached to an aromatic ring is 1. The van der Waals surface area contributed by atoms with E-state index in [1.54, 1.807) is 0 Å². The number of hydrogen-bond donors (Lipinski definition) is 2. The summed E-state index contributed by atoms with van der Waals surface area (Å²) in [4.78, 5) is 0. The Morgan fingerprint density at radius 1 is 1.20 bits per heavy atom. The van der Waals surface area contributed by atoms with Gasteiger partial charge in [-0.1, -0.05) is 0 Å². The van der Waals surface area contributed by atoms with Crippen LogP contribution in [0.15, 0.2) is 18.2 Å². The maximum Gasteiger partial charge on any atom is 0.192 e. The molecule has 0 radical (unpaired) electrons. The molecule has 0 spiro atoms. The number of nitrogens with zero attached hydrogens (tertiary/aromatic N) is 1. The summed E-state index contributed by atoms with van der Waals surface area (Å²) in [6.45, 7) is 0. The van der Waals surface area contributed by atoms with Gasteiger partial charge in [0.15, 0.2) is 11.6 Å². The number of hydrogen-bond acceptors (Lipinski definition) is 2. The molecule has 2 rings (SSSR count). The van der Waals surface area contributed by atoms with Crippen molar-refractivity contribution in [2.45, 2.75) is 0 Å². The van der Waals surface area contributed by atoms with Crippen LogP contribution in [0.3, 0.4) is 0 Å². The summed E-state index contributed by atoms with van der Waals surface area (Å²) < 4.78 is 39.1. The maximum atomic E-state index is 13.2. The monoisotopic (exact) mass is 213 g/mol. The Hall–Kier alpha value is -1.98. The van der Waals surface area contributed by atoms with Crippen LogP contribution in [0.4, 0.5) is 19.0 Å². The average Bonchev–Trinajstić information content (AvgIpc) is 2.49. The van der Waals surface area contributed by atoms with Gasteiger partial charge >= 0.3 is 0 Å². The van der Waals surface area contributed by atoms with E-state index in [-0.39, 0.29) is 17.1 Å². The molecule has 0 saturated carbocycles. The third kappa shape index (κ3) is 1.54. The molecular weight excluding hydrogens is 207 g/mol. The van der Waals surface area contributed by atoms with Crippen LogP contribution >= 0.6 is 0 Å². The maximum absolute atomic E-state index is 13.2. The molecule has 2 aromatic rings. The minimum Gasteiger partial charge on any atom is -0.380 e. The molecule has 1 aromatic carbocycles. The molecule has 6 heteroatoms. The minimum atomic E-state index is -0.877. The molecule has 0 atom stereocenters. The third-order valence-electron chi connectivity index (χ3n) is 1.93. The second kappa shape index (κ2) is 3.30. The van der Waals surface area contributed by atoms with Gasteiger partial charge in [-0.3, -0.25) is 5.10 Å². The number of H-pyrrole nitrogens is 1. The summed E-state index contributed by atoms with van der Waals surface area (Å²) in [7, 11) is 0. The van der Waals surface area contributed by atoms with Crippen LogP contribution in [-0.4, -0.2) is 10.2 Å². The second-order valence-electron chi connectivity index (χ2n) is 2.92. The van der Waals surface area contributed by atoms with Gasteiger partial charge in [-0.25, -0.2) is 13.2 Å². The first kappa shape index (κ1) is 9.57. The molecule has 0 bridgehead atoms. The molecule has 78 valence electrons. The molecule has 0 aliphatic heterocycles. The lowest BCUT2D eigenvalue weighted by atomic mass is 10.1. The predicted octanol–water partition coefficient (Wildman–Crippen LogP) is 2.08. The number of halogens is 3. The minimum absolute atomic E-state index is 0.113. The molecule has 1 heterocycles. The number of nitrogens with one attached hydrogen (secondary N) is 1. The van der Waals surface area contributed by atoms with Crippen molar-refractivity contribution in [2.75, 3.05) is 5.73 Å².